The first-order valence-corrected chi connectivity index (χ1v) is 15.7. The van der Waals surface area contributed by atoms with Crippen LogP contribution in [0.15, 0.2) is 77.8 Å². The van der Waals surface area contributed by atoms with Gasteiger partial charge in [-0.05, 0) is 81.1 Å². The van der Waals surface area contributed by atoms with E-state index in [1.54, 1.807) is 18.3 Å². The summed E-state index contributed by atoms with van der Waals surface area (Å²) in [6, 6.07) is 19.7. The first-order chi connectivity index (χ1) is 19.7. The summed E-state index contributed by atoms with van der Waals surface area (Å²) in [5.74, 6) is -0.0868. The number of ether oxygens (including phenoxy) is 2. The Hall–Kier alpha value is -2.82. The van der Waals surface area contributed by atoms with E-state index < -0.39 is 10.1 Å². The van der Waals surface area contributed by atoms with E-state index >= 15 is 0 Å². The summed E-state index contributed by atoms with van der Waals surface area (Å²) in [4.78, 5) is 18.5. The number of likely N-dealkylation sites (tertiary alicyclic amines) is 1. The summed E-state index contributed by atoms with van der Waals surface area (Å²) >= 11 is 6.07. The molecule has 2 heterocycles. The number of pyridine rings is 1. The average Bonchev–Trinajstić information content (AvgIpc) is 2.97. The van der Waals surface area contributed by atoms with Crippen molar-refractivity contribution in [2.45, 2.75) is 63.1 Å². The van der Waals surface area contributed by atoms with Gasteiger partial charge in [0, 0.05) is 30.7 Å². The number of carbonyl (C=O) groups excluding carboxylic acids is 1. The fraction of sp³-hybridized carbons (Fsp3) is 0.419. The van der Waals surface area contributed by atoms with Crippen LogP contribution in [0.2, 0.25) is 5.02 Å². The lowest BCUT2D eigenvalue weighted by atomic mass is 10.0. The SMILES string of the molecule is CCCOC(=O)CCCN1CCC(OC(c2ccc(Cl)cc2)c2ccccn2)CC1.Cc1ccc(S(=O)(=O)O)cc1. The molecular formula is C31H39ClN2O6S. The first kappa shape index (κ1) is 32.7. The third-order valence-corrected chi connectivity index (χ3v) is 7.75. The lowest BCUT2D eigenvalue weighted by Gasteiger charge is -2.34. The van der Waals surface area contributed by atoms with Crippen molar-refractivity contribution in [3.8, 4) is 0 Å². The van der Waals surface area contributed by atoms with Crippen LogP contribution in [0.5, 0.6) is 0 Å². The van der Waals surface area contributed by atoms with E-state index in [0.717, 1.165) is 62.1 Å². The number of nitrogens with zero attached hydrogens (tertiary/aromatic N) is 2. The minimum atomic E-state index is -4.02. The van der Waals surface area contributed by atoms with Gasteiger partial charge >= 0.3 is 5.97 Å². The number of piperidine rings is 1. The standard InChI is InChI=1S/C24H31ClN2O3.C7H8O3S/c1-2-18-29-23(28)7-5-15-27-16-12-21(13-17-27)30-24(22-6-3-4-14-26-22)19-8-10-20(25)11-9-19;1-6-2-4-7(5-3-6)11(8,9)10/h3-4,6,8-11,14,21,24H,2,5,7,12-13,15-18H2,1H3;2-5H,1H3,(H,8,9,10). The Morgan fingerprint density at radius 2 is 1.76 bits per heavy atom. The normalized spacial score (nSPS) is 15.0. The highest BCUT2D eigenvalue weighted by molar-refractivity contribution is 7.85. The lowest BCUT2D eigenvalue weighted by molar-refractivity contribution is -0.143. The molecule has 8 nitrogen and oxygen atoms in total. The molecule has 0 saturated carbocycles. The minimum Gasteiger partial charge on any atom is -0.466 e. The van der Waals surface area contributed by atoms with Crippen LogP contribution in [-0.4, -0.2) is 61.2 Å². The van der Waals surface area contributed by atoms with Crippen LogP contribution >= 0.6 is 11.6 Å². The van der Waals surface area contributed by atoms with Gasteiger partial charge in [0.15, 0.2) is 0 Å². The predicted octanol–water partition coefficient (Wildman–Crippen LogP) is 6.28. The molecule has 0 bridgehead atoms. The number of hydrogen-bond donors (Lipinski definition) is 1. The highest BCUT2D eigenvalue weighted by Crippen LogP contribution is 2.29. The van der Waals surface area contributed by atoms with E-state index in [-0.39, 0.29) is 23.1 Å². The van der Waals surface area contributed by atoms with Crippen molar-refractivity contribution in [1.82, 2.24) is 9.88 Å². The van der Waals surface area contributed by atoms with E-state index in [1.165, 1.54) is 12.1 Å². The van der Waals surface area contributed by atoms with Gasteiger partial charge in [0.2, 0.25) is 0 Å². The zero-order valence-electron chi connectivity index (χ0n) is 23.6. The molecule has 0 spiro atoms. The molecule has 4 rings (SSSR count). The Morgan fingerprint density at radius 1 is 1.07 bits per heavy atom. The second kappa shape index (κ2) is 16.6. The molecule has 0 aliphatic carbocycles. The van der Waals surface area contributed by atoms with Gasteiger partial charge in [0.1, 0.15) is 6.10 Å². The number of halogens is 1. The van der Waals surface area contributed by atoms with Crippen molar-refractivity contribution < 1.29 is 27.2 Å². The fourth-order valence-electron chi connectivity index (χ4n) is 4.39. The van der Waals surface area contributed by atoms with E-state index in [1.807, 2.05) is 56.3 Å². The van der Waals surface area contributed by atoms with Crippen LogP contribution < -0.4 is 0 Å². The molecule has 3 aromatic rings. The lowest BCUT2D eigenvalue weighted by Crippen LogP contribution is -2.38. The molecule has 1 atom stereocenters. The van der Waals surface area contributed by atoms with Crippen LogP contribution in [-0.2, 0) is 24.4 Å². The summed E-state index contributed by atoms with van der Waals surface area (Å²) in [7, 11) is -4.02. The minimum absolute atomic E-state index is 0.0666. The van der Waals surface area contributed by atoms with Crippen LogP contribution in [0.3, 0.4) is 0 Å². The maximum Gasteiger partial charge on any atom is 0.305 e. The topological polar surface area (TPSA) is 106 Å². The van der Waals surface area contributed by atoms with Crippen molar-refractivity contribution >= 4 is 27.7 Å². The molecule has 1 N–H and O–H groups in total. The van der Waals surface area contributed by atoms with Crippen LogP contribution in [0.4, 0.5) is 0 Å². The van der Waals surface area contributed by atoms with Gasteiger partial charge in [-0.25, -0.2) is 0 Å². The average molecular weight is 603 g/mol. The molecule has 0 amide bonds. The smallest absolute Gasteiger partial charge is 0.305 e. The third kappa shape index (κ3) is 11.5. The Kier molecular flexibility index (Phi) is 13.2. The van der Waals surface area contributed by atoms with Gasteiger partial charge in [-0.1, -0.05) is 54.4 Å². The van der Waals surface area contributed by atoms with Gasteiger partial charge in [0.05, 0.1) is 23.3 Å². The summed E-state index contributed by atoms with van der Waals surface area (Å²) < 4.78 is 41.2. The van der Waals surface area contributed by atoms with E-state index in [0.29, 0.717) is 18.1 Å². The molecule has 1 unspecified atom stereocenters. The molecule has 222 valence electrons. The Labute approximate surface area is 248 Å². The third-order valence-electron chi connectivity index (χ3n) is 6.63. The van der Waals surface area contributed by atoms with Crippen LogP contribution in [0.25, 0.3) is 0 Å². The fourth-order valence-corrected chi connectivity index (χ4v) is 5.00. The molecule has 1 aromatic heterocycles. The molecule has 1 fully saturated rings. The second-order valence-electron chi connectivity index (χ2n) is 9.98. The van der Waals surface area contributed by atoms with Gasteiger partial charge in [0.25, 0.3) is 10.1 Å². The maximum absolute atomic E-state index is 11.6. The van der Waals surface area contributed by atoms with Crippen molar-refractivity contribution in [2.75, 3.05) is 26.2 Å². The highest BCUT2D eigenvalue weighted by Gasteiger charge is 2.25. The highest BCUT2D eigenvalue weighted by atomic mass is 35.5. The summed E-state index contributed by atoms with van der Waals surface area (Å²) in [6.07, 6.45) is 5.93. The van der Waals surface area contributed by atoms with Crippen molar-refractivity contribution in [3.63, 3.8) is 0 Å². The molecule has 1 aliphatic heterocycles. The van der Waals surface area contributed by atoms with Crippen LogP contribution in [0, 0.1) is 6.92 Å². The molecule has 1 saturated heterocycles. The monoisotopic (exact) mass is 602 g/mol. The van der Waals surface area contributed by atoms with Crippen molar-refractivity contribution in [3.05, 3.63) is 94.8 Å². The van der Waals surface area contributed by atoms with Gasteiger partial charge < -0.3 is 14.4 Å². The van der Waals surface area contributed by atoms with E-state index in [2.05, 4.69) is 9.88 Å². The number of aromatic nitrogens is 1. The zero-order valence-corrected chi connectivity index (χ0v) is 25.2. The number of rotatable bonds is 11. The number of benzene rings is 2. The largest absolute Gasteiger partial charge is 0.466 e. The van der Waals surface area contributed by atoms with Crippen molar-refractivity contribution in [1.29, 1.82) is 0 Å². The molecule has 10 heteroatoms. The zero-order chi connectivity index (χ0) is 29.7. The number of aryl methyl sites for hydroxylation is 1. The van der Waals surface area contributed by atoms with E-state index in [4.69, 9.17) is 25.6 Å². The van der Waals surface area contributed by atoms with Gasteiger partial charge in [-0.15, -0.1) is 0 Å². The summed E-state index contributed by atoms with van der Waals surface area (Å²) in [5, 5.41) is 0.713. The Morgan fingerprint density at radius 3 is 2.34 bits per heavy atom. The van der Waals surface area contributed by atoms with Crippen molar-refractivity contribution in [2.24, 2.45) is 0 Å². The van der Waals surface area contributed by atoms with E-state index in [9.17, 15) is 13.2 Å². The molecular weight excluding hydrogens is 564 g/mol. The Bertz CT molecular complexity index is 1300. The molecule has 1 aliphatic rings. The maximum atomic E-state index is 11.6. The quantitative estimate of drug-likeness (QED) is 0.202. The predicted molar refractivity (Wildman–Crippen MR) is 160 cm³/mol. The number of esters is 1. The van der Waals surface area contributed by atoms with Gasteiger partial charge in [-0.2, -0.15) is 8.42 Å². The molecule has 41 heavy (non-hydrogen) atoms. The number of hydrogen-bond acceptors (Lipinski definition) is 7. The molecule has 2 aromatic carbocycles. The summed E-state index contributed by atoms with van der Waals surface area (Å²) in [6.45, 7) is 7.24. The first-order valence-electron chi connectivity index (χ1n) is 13.9. The van der Waals surface area contributed by atoms with Crippen LogP contribution in [0.1, 0.15) is 62.0 Å². The summed E-state index contributed by atoms with van der Waals surface area (Å²) in [5.41, 5.74) is 2.93. The Balaban J connectivity index is 0.000000352. The molecule has 0 radical (unpaired) electrons. The number of carbonyl (C=O) groups is 1. The van der Waals surface area contributed by atoms with Gasteiger partial charge in [-0.3, -0.25) is 14.3 Å². The second-order valence-corrected chi connectivity index (χ2v) is 11.8.